The highest BCUT2D eigenvalue weighted by molar-refractivity contribution is 14.1. The van der Waals surface area contributed by atoms with Crippen LogP contribution in [0.5, 0.6) is 0 Å². The highest BCUT2D eigenvalue weighted by Crippen LogP contribution is 2.29. The Kier molecular flexibility index (Phi) is 2.29. The van der Waals surface area contributed by atoms with E-state index < -0.39 is 0 Å². The zero-order valence-electron chi connectivity index (χ0n) is 5.50. The van der Waals surface area contributed by atoms with Crippen LogP contribution in [0.2, 0.25) is 0 Å². The van der Waals surface area contributed by atoms with E-state index in [1.807, 2.05) is 11.3 Å². The molecule has 0 unspecified atom stereocenters. The van der Waals surface area contributed by atoms with Gasteiger partial charge in [0.1, 0.15) is 0 Å². The molecule has 0 atom stereocenters. The van der Waals surface area contributed by atoms with Gasteiger partial charge in [0.15, 0.2) is 0 Å². The normalized spacial score (nSPS) is 10.3. The van der Waals surface area contributed by atoms with Gasteiger partial charge in [-0.2, -0.15) is 0 Å². The molecule has 0 saturated heterocycles. The topological polar surface area (TPSA) is 0 Å². The lowest BCUT2D eigenvalue weighted by atomic mass is 10.3. The zero-order chi connectivity index (χ0) is 7.68. The lowest BCUT2D eigenvalue weighted by molar-refractivity contribution is 1.87. The maximum absolute atomic E-state index is 3.22. The van der Waals surface area contributed by atoms with Crippen LogP contribution in [0.15, 0.2) is 23.6 Å². The van der Waals surface area contributed by atoms with Gasteiger partial charge >= 0.3 is 0 Å². The first-order valence-electron chi connectivity index (χ1n) is 3.07. The van der Waals surface area contributed by atoms with Gasteiger partial charge in [0.2, 0.25) is 0 Å². The first-order valence-corrected chi connectivity index (χ1v) is 5.84. The van der Waals surface area contributed by atoms with Crippen molar-refractivity contribution in [1.29, 1.82) is 0 Å². The van der Waals surface area contributed by atoms with E-state index in [9.17, 15) is 0 Å². The van der Waals surface area contributed by atoms with Gasteiger partial charge in [-0.25, -0.2) is 0 Å². The Bertz CT molecular complexity index is 335. The smallest absolute Gasteiger partial charge is 0.0660 e. The van der Waals surface area contributed by atoms with E-state index in [-0.39, 0.29) is 0 Å². The van der Waals surface area contributed by atoms with Crippen LogP contribution in [0.4, 0.5) is 0 Å². The predicted molar refractivity (Wildman–Crippen MR) is 59.2 cm³/mol. The summed E-state index contributed by atoms with van der Waals surface area (Å²) in [5.41, 5.74) is 1.22. The second-order valence-corrected chi connectivity index (χ2v) is 5.73. The van der Waals surface area contributed by atoms with E-state index >= 15 is 0 Å². The average molecular weight is 291 g/mol. The van der Waals surface area contributed by atoms with Crippen LogP contribution in [0.1, 0.15) is 0 Å². The summed E-state index contributed by atoms with van der Waals surface area (Å²) in [5.74, 6) is 0. The molecule has 0 aliphatic heterocycles. The van der Waals surface area contributed by atoms with Crippen LogP contribution < -0.4 is 0 Å². The summed E-state index contributed by atoms with van der Waals surface area (Å²) in [6, 6.07) is 6.38. The number of hydrogen-bond acceptors (Lipinski definition) is 2. The van der Waals surface area contributed by atoms with Crippen molar-refractivity contribution in [3.05, 3.63) is 31.8 Å². The Morgan fingerprint density at radius 1 is 1.27 bits per heavy atom. The molecule has 0 fully saturated rings. The molecule has 2 heterocycles. The quantitative estimate of drug-likeness (QED) is 0.699. The molecule has 55 valence electrons. The molecule has 1 radical (unpaired) electrons. The summed E-state index contributed by atoms with van der Waals surface area (Å²) in [6.07, 6.45) is 0. The fourth-order valence-electron chi connectivity index (χ4n) is 0.825. The number of thiophene rings is 2. The molecular weight excluding hydrogens is 287 g/mol. The SMILES string of the molecule is Ic1ccc(-c2[c]scc2)s1. The molecule has 0 saturated carbocycles. The Morgan fingerprint density at radius 3 is 2.73 bits per heavy atom. The molecule has 0 N–H and O–H groups in total. The van der Waals surface area contributed by atoms with E-state index in [1.165, 1.54) is 13.3 Å². The lowest BCUT2D eigenvalue weighted by Crippen LogP contribution is -1.59. The van der Waals surface area contributed by atoms with Crippen molar-refractivity contribution in [3.8, 4) is 10.4 Å². The average Bonchev–Trinajstić information content (AvgIpc) is 2.55. The molecule has 0 aromatic carbocycles. The van der Waals surface area contributed by atoms with Crippen molar-refractivity contribution in [2.24, 2.45) is 0 Å². The van der Waals surface area contributed by atoms with Crippen LogP contribution in [0, 0.1) is 8.26 Å². The largest absolute Gasteiger partial charge is 0.142 e. The van der Waals surface area contributed by atoms with E-state index in [1.54, 1.807) is 11.3 Å². The number of rotatable bonds is 1. The van der Waals surface area contributed by atoms with Crippen molar-refractivity contribution in [1.82, 2.24) is 0 Å². The molecule has 0 spiro atoms. The number of hydrogen-bond donors (Lipinski definition) is 0. The van der Waals surface area contributed by atoms with E-state index in [0.29, 0.717) is 0 Å². The maximum atomic E-state index is 3.22. The molecule has 0 aliphatic rings. The lowest BCUT2D eigenvalue weighted by Gasteiger charge is -1.85. The standard InChI is InChI=1S/C8H4IS2/c9-8-2-1-7(11-8)6-3-4-10-5-6/h1-4H. The van der Waals surface area contributed by atoms with Gasteiger partial charge in [-0.15, -0.1) is 22.7 Å². The van der Waals surface area contributed by atoms with Crippen molar-refractivity contribution in [2.45, 2.75) is 0 Å². The second-order valence-electron chi connectivity index (χ2n) is 2.04. The minimum absolute atomic E-state index is 1.22. The first-order chi connectivity index (χ1) is 5.36. The molecule has 0 bridgehead atoms. The minimum atomic E-state index is 1.22. The highest BCUT2D eigenvalue weighted by atomic mass is 127. The molecule has 2 aromatic heterocycles. The van der Waals surface area contributed by atoms with Gasteiger partial charge in [0.05, 0.1) is 8.26 Å². The fourth-order valence-corrected chi connectivity index (χ4v) is 3.07. The van der Waals surface area contributed by atoms with Gasteiger partial charge in [-0.3, -0.25) is 0 Å². The van der Waals surface area contributed by atoms with Gasteiger partial charge < -0.3 is 0 Å². The monoisotopic (exact) mass is 291 g/mol. The Hall–Kier alpha value is 0.130. The molecule has 11 heavy (non-hydrogen) atoms. The van der Waals surface area contributed by atoms with Gasteiger partial charge in [0, 0.05) is 10.4 Å². The van der Waals surface area contributed by atoms with Gasteiger partial charge in [-0.05, 0) is 46.2 Å². The first kappa shape index (κ1) is 7.76. The third-order valence-electron chi connectivity index (χ3n) is 1.31. The van der Waals surface area contributed by atoms with Crippen LogP contribution in [-0.4, -0.2) is 0 Å². The maximum Gasteiger partial charge on any atom is 0.0660 e. The minimum Gasteiger partial charge on any atom is -0.142 e. The highest BCUT2D eigenvalue weighted by Gasteiger charge is 2.00. The molecule has 3 heteroatoms. The van der Waals surface area contributed by atoms with Crippen LogP contribution in [-0.2, 0) is 0 Å². The van der Waals surface area contributed by atoms with Gasteiger partial charge in [0.25, 0.3) is 0 Å². The Labute approximate surface area is 87.0 Å². The Balaban J connectivity index is 2.45. The predicted octanol–water partition coefficient (Wildman–Crippen LogP) is 3.88. The summed E-state index contributed by atoms with van der Waals surface area (Å²) in [4.78, 5) is 1.32. The summed E-state index contributed by atoms with van der Waals surface area (Å²) < 4.78 is 1.33. The van der Waals surface area contributed by atoms with Crippen LogP contribution in [0.3, 0.4) is 0 Å². The van der Waals surface area contributed by atoms with E-state index in [4.69, 9.17) is 0 Å². The van der Waals surface area contributed by atoms with Crippen LogP contribution >= 0.6 is 45.3 Å². The molecular formula is C8H4IS2. The summed E-state index contributed by atoms with van der Waals surface area (Å²) in [5, 5.41) is 5.27. The molecule has 2 aromatic rings. The zero-order valence-corrected chi connectivity index (χ0v) is 9.29. The molecule has 0 aliphatic carbocycles. The molecule has 0 nitrogen and oxygen atoms in total. The molecule has 0 amide bonds. The third-order valence-corrected chi connectivity index (χ3v) is 3.85. The summed E-state index contributed by atoms with van der Waals surface area (Å²) in [7, 11) is 0. The fraction of sp³-hybridized carbons (Fsp3) is 0. The van der Waals surface area contributed by atoms with Crippen molar-refractivity contribution in [2.75, 3.05) is 0 Å². The summed E-state index contributed by atoms with van der Waals surface area (Å²) in [6.45, 7) is 0. The van der Waals surface area contributed by atoms with Crippen molar-refractivity contribution < 1.29 is 0 Å². The van der Waals surface area contributed by atoms with E-state index in [2.05, 4.69) is 51.6 Å². The molecule has 2 rings (SSSR count). The second kappa shape index (κ2) is 3.25. The van der Waals surface area contributed by atoms with Crippen molar-refractivity contribution in [3.63, 3.8) is 0 Å². The van der Waals surface area contributed by atoms with Crippen molar-refractivity contribution >= 4 is 45.3 Å². The Morgan fingerprint density at radius 2 is 2.18 bits per heavy atom. The van der Waals surface area contributed by atoms with E-state index in [0.717, 1.165) is 0 Å². The van der Waals surface area contributed by atoms with Gasteiger partial charge in [-0.1, -0.05) is 0 Å². The number of halogens is 1. The third kappa shape index (κ3) is 1.65. The summed E-state index contributed by atoms with van der Waals surface area (Å²) >= 11 is 5.76. The van der Waals surface area contributed by atoms with Crippen LogP contribution in [0.25, 0.3) is 10.4 Å².